The number of ether oxygens (including phenoxy) is 3. The molecule has 10 heteroatoms. The van der Waals surface area contributed by atoms with E-state index in [4.69, 9.17) is 14.2 Å². The molecule has 0 aliphatic heterocycles. The van der Waals surface area contributed by atoms with Gasteiger partial charge < -0.3 is 19.5 Å². The van der Waals surface area contributed by atoms with Gasteiger partial charge >= 0.3 is 11.9 Å². The van der Waals surface area contributed by atoms with Gasteiger partial charge in [0.2, 0.25) is 5.75 Å². The number of nitrogens with one attached hydrogen (secondary N) is 1. The molecule has 0 unspecified atom stereocenters. The van der Waals surface area contributed by atoms with E-state index >= 15 is 0 Å². The Kier molecular flexibility index (Phi) is 9.71. The third kappa shape index (κ3) is 6.88. The number of carbonyl (C=O) groups excluding carboxylic acids is 3. The molecule has 1 atom stereocenters. The summed E-state index contributed by atoms with van der Waals surface area (Å²) in [7, 11) is 1.35. The molecule has 8 nitrogen and oxygen atoms in total. The third-order valence-corrected chi connectivity index (χ3v) is 6.03. The maximum absolute atomic E-state index is 13.9. The van der Waals surface area contributed by atoms with Crippen molar-refractivity contribution in [3.05, 3.63) is 94.0 Å². The van der Waals surface area contributed by atoms with E-state index in [-0.39, 0.29) is 29.4 Å². The molecule has 40 heavy (non-hydrogen) atoms. The first-order chi connectivity index (χ1) is 19.0. The van der Waals surface area contributed by atoms with Crippen LogP contribution in [0.3, 0.4) is 0 Å². The Morgan fingerprint density at radius 1 is 0.975 bits per heavy atom. The number of amides is 1. The van der Waals surface area contributed by atoms with Crippen LogP contribution >= 0.6 is 0 Å². The van der Waals surface area contributed by atoms with E-state index in [1.807, 2.05) is 0 Å². The quantitative estimate of drug-likeness (QED) is 0.278. The number of hydrogen-bond acceptors (Lipinski definition) is 7. The van der Waals surface area contributed by atoms with E-state index < -0.39 is 35.5 Å². The number of benzene rings is 2. The summed E-state index contributed by atoms with van der Waals surface area (Å²) in [6.07, 6.45) is 1.35. The fourth-order valence-corrected chi connectivity index (χ4v) is 3.99. The van der Waals surface area contributed by atoms with Gasteiger partial charge in [-0.2, -0.15) is 0 Å². The number of nitrogens with zero attached hydrogens (tertiary/aromatic N) is 1. The monoisotopic (exact) mass is 552 g/mol. The number of hydrogen-bond donors (Lipinski definition) is 1. The second-order valence-corrected chi connectivity index (χ2v) is 8.98. The van der Waals surface area contributed by atoms with Gasteiger partial charge in [-0.05, 0) is 74.2 Å². The summed E-state index contributed by atoms with van der Waals surface area (Å²) in [5, 5.41) is 2.50. The first kappa shape index (κ1) is 29.9. The van der Waals surface area contributed by atoms with Crippen molar-refractivity contribution in [1.82, 2.24) is 10.3 Å². The van der Waals surface area contributed by atoms with Crippen molar-refractivity contribution in [2.75, 3.05) is 7.11 Å². The highest BCUT2D eigenvalue weighted by Crippen LogP contribution is 2.33. The minimum absolute atomic E-state index is 0.0524. The Bertz CT molecular complexity index is 1430. The van der Waals surface area contributed by atoms with Gasteiger partial charge in [0.25, 0.3) is 5.91 Å². The molecule has 0 radical (unpaired) electrons. The largest absolute Gasteiger partial charge is 0.493 e. The van der Waals surface area contributed by atoms with Crippen LogP contribution in [0.15, 0.2) is 54.4 Å². The van der Waals surface area contributed by atoms with Crippen molar-refractivity contribution in [2.24, 2.45) is 0 Å². The molecule has 2 aromatic carbocycles. The van der Waals surface area contributed by atoms with E-state index in [1.165, 1.54) is 50.6 Å². The molecule has 0 spiro atoms. The Labute approximate surface area is 231 Å². The zero-order chi connectivity index (χ0) is 29.6. The normalized spacial score (nSPS) is 11.3. The number of halogens is 2. The summed E-state index contributed by atoms with van der Waals surface area (Å²) in [6.45, 7) is 7.98. The van der Waals surface area contributed by atoms with Crippen molar-refractivity contribution < 1.29 is 37.4 Å². The summed E-state index contributed by atoms with van der Waals surface area (Å²) in [6, 6.07) is 8.63. The Balaban J connectivity index is 1.93. The van der Waals surface area contributed by atoms with E-state index in [2.05, 4.69) is 10.3 Å². The van der Waals surface area contributed by atoms with Crippen molar-refractivity contribution in [2.45, 2.75) is 47.1 Å². The lowest BCUT2D eigenvalue weighted by Gasteiger charge is -2.19. The van der Waals surface area contributed by atoms with Crippen molar-refractivity contribution in [3.63, 3.8) is 0 Å². The summed E-state index contributed by atoms with van der Waals surface area (Å²) in [5.41, 5.74) is 2.53. The van der Waals surface area contributed by atoms with Crippen molar-refractivity contribution >= 4 is 23.4 Å². The fourth-order valence-electron chi connectivity index (χ4n) is 3.99. The maximum atomic E-state index is 13.9. The molecule has 1 aromatic heterocycles. The molecule has 0 aliphatic rings. The van der Waals surface area contributed by atoms with E-state index in [0.29, 0.717) is 27.8 Å². The van der Waals surface area contributed by atoms with Crippen LogP contribution in [0.25, 0.3) is 5.57 Å². The summed E-state index contributed by atoms with van der Waals surface area (Å²) >= 11 is 0. The summed E-state index contributed by atoms with van der Waals surface area (Å²) < 4.78 is 43.8. The number of carbonyl (C=O) groups is 3. The standard InChI is InChI=1S/C30H30F2N2O6/c1-7-25(35)40-28-24(38-6)12-13-33-27(28)29(36)34-18(4)30(37)39-19(5)26(22-10-8-20(31)14-16(22)2)23-11-9-21(32)15-17(23)3/h8-15,18H,7H2,1-6H3,(H,34,36)/t18-/m0/s1. The van der Waals surface area contributed by atoms with Gasteiger partial charge in [0.1, 0.15) is 23.4 Å². The number of esters is 2. The van der Waals surface area contributed by atoms with Crippen molar-refractivity contribution in [1.29, 1.82) is 0 Å². The van der Waals surface area contributed by atoms with Crippen LogP contribution < -0.4 is 14.8 Å². The van der Waals surface area contributed by atoms with Gasteiger partial charge in [0, 0.05) is 24.3 Å². The molecule has 0 fully saturated rings. The van der Waals surface area contributed by atoms with Gasteiger partial charge in [-0.25, -0.2) is 18.6 Å². The van der Waals surface area contributed by atoms with Crippen LogP contribution in [0, 0.1) is 25.5 Å². The van der Waals surface area contributed by atoms with Gasteiger partial charge in [-0.15, -0.1) is 0 Å². The predicted molar refractivity (Wildman–Crippen MR) is 144 cm³/mol. The molecule has 0 bridgehead atoms. The summed E-state index contributed by atoms with van der Waals surface area (Å²) in [4.78, 5) is 42.0. The number of pyridine rings is 1. The molecule has 1 N–H and O–H groups in total. The molecule has 1 heterocycles. The van der Waals surface area contributed by atoms with Crippen LogP contribution in [-0.4, -0.2) is 36.0 Å². The maximum Gasteiger partial charge on any atom is 0.333 e. The minimum Gasteiger partial charge on any atom is -0.493 e. The topological polar surface area (TPSA) is 104 Å². The lowest BCUT2D eigenvalue weighted by molar-refractivity contribution is -0.141. The zero-order valence-corrected chi connectivity index (χ0v) is 23.1. The number of methoxy groups -OCH3 is 1. The number of rotatable bonds is 9. The van der Waals surface area contributed by atoms with Crippen LogP contribution in [0.4, 0.5) is 8.78 Å². The van der Waals surface area contributed by atoms with Crippen molar-refractivity contribution in [3.8, 4) is 11.5 Å². The number of aryl methyl sites for hydroxylation is 2. The van der Waals surface area contributed by atoms with Gasteiger partial charge in [0.15, 0.2) is 11.4 Å². The molecular formula is C30H30F2N2O6. The molecule has 210 valence electrons. The van der Waals surface area contributed by atoms with Crippen LogP contribution in [0.5, 0.6) is 11.5 Å². The van der Waals surface area contributed by atoms with Gasteiger partial charge in [-0.1, -0.05) is 19.1 Å². The molecule has 0 aliphatic carbocycles. The van der Waals surface area contributed by atoms with Crippen LogP contribution in [-0.2, 0) is 14.3 Å². The molecule has 3 aromatic rings. The lowest BCUT2D eigenvalue weighted by atomic mass is 9.90. The third-order valence-electron chi connectivity index (χ3n) is 6.03. The molecule has 3 rings (SSSR count). The highest BCUT2D eigenvalue weighted by molar-refractivity contribution is 5.99. The SMILES string of the molecule is CCC(=O)Oc1c(OC)ccnc1C(=O)N[C@@H](C)C(=O)OC(C)=C(c1ccc(F)cc1C)c1ccc(F)cc1C. The fraction of sp³-hybridized carbons (Fsp3) is 0.267. The van der Waals surface area contributed by atoms with Crippen LogP contribution in [0.2, 0.25) is 0 Å². The molecule has 0 saturated heterocycles. The van der Waals surface area contributed by atoms with Gasteiger partial charge in [-0.3, -0.25) is 9.59 Å². The minimum atomic E-state index is -1.16. The highest BCUT2D eigenvalue weighted by atomic mass is 19.1. The predicted octanol–water partition coefficient (Wildman–Crippen LogP) is 5.44. The average molecular weight is 553 g/mol. The molecular weight excluding hydrogens is 522 g/mol. The second kappa shape index (κ2) is 13.0. The average Bonchev–Trinajstić information content (AvgIpc) is 2.90. The smallest absolute Gasteiger partial charge is 0.333 e. The Hall–Kier alpha value is -4.60. The van der Waals surface area contributed by atoms with E-state index in [9.17, 15) is 23.2 Å². The van der Waals surface area contributed by atoms with E-state index in [0.717, 1.165) is 0 Å². The second-order valence-electron chi connectivity index (χ2n) is 8.98. The molecule has 0 saturated carbocycles. The lowest BCUT2D eigenvalue weighted by Crippen LogP contribution is -2.40. The summed E-state index contributed by atoms with van der Waals surface area (Å²) in [5.74, 6) is -2.97. The highest BCUT2D eigenvalue weighted by Gasteiger charge is 2.26. The first-order valence-electron chi connectivity index (χ1n) is 12.5. The van der Waals surface area contributed by atoms with Crippen LogP contribution in [0.1, 0.15) is 59.9 Å². The number of aromatic nitrogens is 1. The molecule has 1 amide bonds. The zero-order valence-electron chi connectivity index (χ0n) is 23.1. The first-order valence-corrected chi connectivity index (χ1v) is 12.5. The Morgan fingerprint density at radius 3 is 2.05 bits per heavy atom. The Morgan fingerprint density at radius 2 is 1.55 bits per heavy atom. The van der Waals surface area contributed by atoms with E-state index in [1.54, 1.807) is 39.8 Å². The van der Waals surface area contributed by atoms with Gasteiger partial charge in [0.05, 0.1) is 7.11 Å². The number of allylic oxidation sites excluding steroid dienone is 1.